The van der Waals surface area contributed by atoms with Gasteiger partial charge in [0.25, 0.3) is 0 Å². The Balaban J connectivity index is -0.000000886. The molecular formula is C22H41F6N7O7. The molecule has 1 atom stereocenters. The van der Waals surface area contributed by atoms with Gasteiger partial charge in [-0.25, -0.2) is 14.4 Å². The molecule has 20 heteroatoms. The fourth-order valence-electron chi connectivity index (χ4n) is 2.26. The van der Waals surface area contributed by atoms with Crippen molar-refractivity contribution in [1.29, 1.82) is 0 Å². The summed E-state index contributed by atoms with van der Waals surface area (Å²) in [5, 5.41) is 22.7. The minimum absolute atomic E-state index is 0.0812. The second-order valence-corrected chi connectivity index (χ2v) is 8.39. The number of carboxylic acids is 2. The van der Waals surface area contributed by atoms with Crippen LogP contribution >= 0.6 is 0 Å². The summed E-state index contributed by atoms with van der Waals surface area (Å²) in [6.07, 6.45) is -4.33. The van der Waals surface area contributed by atoms with Crippen LogP contribution in [0.1, 0.15) is 51.9 Å². The molecule has 0 aromatic heterocycles. The summed E-state index contributed by atoms with van der Waals surface area (Å²) in [7, 11) is 0. The molecule has 0 aliphatic rings. The van der Waals surface area contributed by atoms with Crippen molar-refractivity contribution in [3.63, 3.8) is 0 Å². The van der Waals surface area contributed by atoms with E-state index in [2.05, 4.69) is 20.9 Å². The number of carbonyl (C=O) groups excluding carboxylic acids is 2. The maximum atomic E-state index is 11.6. The molecule has 0 saturated carbocycles. The fraction of sp³-hybridized carbons (Fsp3) is 0.773. The van der Waals surface area contributed by atoms with Crippen LogP contribution in [-0.2, 0) is 19.1 Å². The Kier molecular flexibility index (Phi) is 25.7. The lowest BCUT2D eigenvalue weighted by Gasteiger charge is -2.09. The van der Waals surface area contributed by atoms with Gasteiger partial charge in [-0.3, -0.25) is 9.79 Å². The van der Waals surface area contributed by atoms with Crippen molar-refractivity contribution in [3.8, 4) is 0 Å². The highest BCUT2D eigenvalue weighted by molar-refractivity contribution is 5.82. The number of halogens is 6. The highest BCUT2D eigenvalue weighted by Gasteiger charge is 2.38. The maximum Gasteiger partial charge on any atom is 0.490 e. The van der Waals surface area contributed by atoms with Crippen LogP contribution in [0.3, 0.4) is 0 Å². The van der Waals surface area contributed by atoms with Gasteiger partial charge in [-0.2, -0.15) is 26.3 Å². The molecule has 2 amide bonds. The number of nitrogens with one attached hydrogen (secondary N) is 3. The Bertz CT molecular complexity index is 771. The van der Waals surface area contributed by atoms with Crippen LogP contribution in [0.2, 0.25) is 0 Å². The van der Waals surface area contributed by atoms with Crippen molar-refractivity contribution >= 4 is 29.9 Å². The summed E-state index contributed by atoms with van der Waals surface area (Å²) < 4.78 is 68.5. The van der Waals surface area contributed by atoms with E-state index in [1.165, 1.54) is 0 Å². The van der Waals surface area contributed by atoms with Gasteiger partial charge in [0.05, 0.1) is 13.2 Å². The molecule has 0 saturated heterocycles. The lowest BCUT2D eigenvalue weighted by atomic mass is 10.2. The quantitative estimate of drug-likeness (QED) is 0.0489. The zero-order valence-electron chi connectivity index (χ0n) is 23.2. The topological polar surface area (TPSA) is 244 Å². The zero-order chi connectivity index (χ0) is 33.2. The van der Waals surface area contributed by atoms with E-state index < -0.39 is 30.4 Å². The number of alkyl halides is 6. The molecule has 42 heavy (non-hydrogen) atoms. The molecule has 11 N–H and O–H groups in total. The number of unbranched alkanes of at least 4 members (excludes halogenated alkanes) is 4. The molecule has 0 fully saturated rings. The van der Waals surface area contributed by atoms with Gasteiger partial charge in [0.2, 0.25) is 5.91 Å². The standard InChI is InChI=1S/C18H39N7O3.2C2HF3O2/c1-15(19)8-12-22-9-6-7-13-28-18(27)25-14-16(26)23-10-4-2-3-5-11-24-17(20)21;2*3-2(4,5)1(6)7/h15,22H,2-14,19H2,1H3,(H,23,26)(H,25,27)(H4,20,21,24);2*(H,6,7)/t15-;;/m1../s1. The van der Waals surface area contributed by atoms with Gasteiger partial charge in [0, 0.05) is 19.1 Å². The van der Waals surface area contributed by atoms with Gasteiger partial charge in [-0.1, -0.05) is 12.8 Å². The smallest absolute Gasteiger partial charge is 0.475 e. The molecule has 0 bridgehead atoms. The molecule has 0 aliphatic carbocycles. The second kappa shape index (κ2) is 25.2. The number of nitrogens with zero attached hydrogens (tertiary/aromatic N) is 1. The molecule has 0 heterocycles. The number of aliphatic carboxylic acids is 2. The Hall–Kier alpha value is -3.55. The first kappa shape index (κ1) is 42.9. The molecule has 0 aliphatic heterocycles. The number of nitrogens with two attached hydrogens (primary N) is 3. The van der Waals surface area contributed by atoms with Crippen LogP contribution in [0.5, 0.6) is 0 Å². The van der Waals surface area contributed by atoms with E-state index in [1.807, 2.05) is 6.92 Å². The minimum Gasteiger partial charge on any atom is -0.475 e. The Labute approximate surface area is 238 Å². The number of hydrogen-bond donors (Lipinski definition) is 8. The Morgan fingerprint density at radius 1 is 0.810 bits per heavy atom. The number of carboxylic acid groups (broad SMARTS) is 2. The van der Waals surface area contributed by atoms with E-state index in [0.29, 0.717) is 19.7 Å². The largest absolute Gasteiger partial charge is 0.490 e. The highest BCUT2D eigenvalue weighted by Crippen LogP contribution is 2.13. The number of ether oxygens (including phenoxy) is 1. The molecule has 14 nitrogen and oxygen atoms in total. The molecule has 0 unspecified atom stereocenters. The number of amides is 2. The van der Waals surface area contributed by atoms with Gasteiger partial charge in [-0.05, 0) is 52.1 Å². The molecule has 0 spiro atoms. The molecule has 0 aromatic carbocycles. The SMILES string of the molecule is C[C@@H](N)CCNCCCCOC(=O)NCC(=O)NCCCCCCN=C(N)N.O=C(O)C(F)(F)F.O=C(O)C(F)(F)F. The summed E-state index contributed by atoms with van der Waals surface area (Å²) in [5.74, 6) is -5.63. The number of rotatable bonds is 17. The second-order valence-electron chi connectivity index (χ2n) is 8.39. The third-order valence-electron chi connectivity index (χ3n) is 4.34. The normalized spacial score (nSPS) is 11.4. The van der Waals surface area contributed by atoms with E-state index in [-0.39, 0.29) is 24.5 Å². The van der Waals surface area contributed by atoms with Crippen molar-refractivity contribution in [1.82, 2.24) is 16.0 Å². The number of alkyl carbamates (subject to hydrolysis) is 1. The number of aliphatic imine (C=N–C) groups is 1. The minimum atomic E-state index is -5.08. The van der Waals surface area contributed by atoms with Crippen molar-refractivity contribution in [2.24, 2.45) is 22.2 Å². The van der Waals surface area contributed by atoms with Gasteiger partial charge >= 0.3 is 30.4 Å². The summed E-state index contributed by atoms with van der Waals surface area (Å²) >= 11 is 0. The Morgan fingerprint density at radius 3 is 1.79 bits per heavy atom. The van der Waals surface area contributed by atoms with E-state index >= 15 is 0 Å². The lowest BCUT2D eigenvalue weighted by Crippen LogP contribution is -2.37. The van der Waals surface area contributed by atoms with Gasteiger partial charge in [-0.15, -0.1) is 0 Å². The van der Waals surface area contributed by atoms with Crippen LogP contribution in [0.25, 0.3) is 0 Å². The van der Waals surface area contributed by atoms with Gasteiger partial charge in [0.15, 0.2) is 5.96 Å². The molecular weight excluding hydrogens is 588 g/mol. The molecule has 248 valence electrons. The third kappa shape index (κ3) is 36.5. The summed E-state index contributed by atoms with van der Waals surface area (Å²) in [4.78, 5) is 44.8. The van der Waals surface area contributed by atoms with Gasteiger partial charge < -0.3 is 48.1 Å². The number of carbonyl (C=O) groups is 4. The predicted octanol–water partition coefficient (Wildman–Crippen LogP) is 1.04. The summed E-state index contributed by atoms with van der Waals surface area (Å²) in [6.45, 7) is 5.21. The van der Waals surface area contributed by atoms with Crippen LogP contribution in [0.4, 0.5) is 31.1 Å². The van der Waals surface area contributed by atoms with E-state index in [0.717, 1.165) is 58.0 Å². The fourth-order valence-corrected chi connectivity index (χ4v) is 2.26. The van der Waals surface area contributed by atoms with Crippen LogP contribution in [0.15, 0.2) is 4.99 Å². The van der Waals surface area contributed by atoms with Crippen molar-refractivity contribution in [2.75, 3.05) is 39.3 Å². The first-order chi connectivity index (χ1) is 19.3. The number of guanidine groups is 1. The van der Waals surface area contributed by atoms with Crippen molar-refractivity contribution in [3.05, 3.63) is 0 Å². The van der Waals surface area contributed by atoms with Crippen molar-refractivity contribution in [2.45, 2.75) is 70.3 Å². The average Bonchev–Trinajstić information content (AvgIpc) is 2.85. The Morgan fingerprint density at radius 2 is 1.31 bits per heavy atom. The maximum absolute atomic E-state index is 11.6. The average molecular weight is 630 g/mol. The lowest BCUT2D eigenvalue weighted by molar-refractivity contribution is -0.193. The summed E-state index contributed by atoms with van der Waals surface area (Å²) in [6, 6.07) is 0.207. The van der Waals surface area contributed by atoms with Crippen LogP contribution in [-0.4, -0.2) is 97.8 Å². The number of hydrogen-bond acceptors (Lipinski definition) is 8. The van der Waals surface area contributed by atoms with Crippen LogP contribution in [0, 0.1) is 0 Å². The molecule has 0 rings (SSSR count). The first-order valence-electron chi connectivity index (χ1n) is 12.6. The molecule has 0 radical (unpaired) electrons. The molecule has 0 aromatic rings. The van der Waals surface area contributed by atoms with Gasteiger partial charge in [0.1, 0.15) is 0 Å². The highest BCUT2D eigenvalue weighted by atomic mass is 19.4. The van der Waals surface area contributed by atoms with E-state index in [9.17, 15) is 35.9 Å². The third-order valence-corrected chi connectivity index (χ3v) is 4.34. The zero-order valence-corrected chi connectivity index (χ0v) is 23.2. The summed E-state index contributed by atoms with van der Waals surface area (Å²) in [5.41, 5.74) is 16.1. The van der Waals surface area contributed by atoms with Crippen molar-refractivity contribution < 1.29 is 60.5 Å². The monoisotopic (exact) mass is 629 g/mol. The first-order valence-corrected chi connectivity index (χ1v) is 12.6. The van der Waals surface area contributed by atoms with E-state index in [4.69, 9.17) is 41.7 Å². The predicted molar refractivity (Wildman–Crippen MR) is 139 cm³/mol. The van der Waals surface area contributed by atoms with E-state index in [1.54, 1.807) is 0 Å². The van der Waals surface area contributed by atoms with Crippen LogP contribution < -0.4 is 33.2 Å².